The molecule has 102 valence electrons. The van der Waals surface area contributed by atoms with E-state index in [-0.39, 0.29) is 5.56 Å². The van der Waals surface area contributed by atoms with Gasteiger partial charge in [-0.3, -0.25) is 4.79 Å². The molecule has 19 heavy (non-hydrogen) atoms. The summed E-state index contributed by atoms with van der Waals surface area (Å²) in [5.74, 6) is 0.685. The SMILES string of the molecule is Cn1nnc2sc3c(c2c1=O)CC[C@H](C(C)(C)C)C3. The van der Waals surface area contributed by atoms with Crippen molar-refractivity contribution in [1.29, 1.82) is 0 Å². The number of thiophene rings is 1. The predicted molar refractivity (Wildman–Crippen MR) is 77.6 cm³/mol. The van der Waals surface area contributed by atoms with Crippen LogP contribution in [0.25, 0.3) is 10.2 Å². The molecule has 1 aliphatic carbocycles. The minimum absolute atomic E-state index is 0.00305. The number of aryl methyl sites for hydroxylation is 2. The Hall–Kier alpha value is -1.23. The van der Waals surface area contributed by atoms with Crippen molar-refractivity contribution in [3.8, 4) is 0 Å². The van der Waals surface area contributed by atoms with Crippen LogP contribution < -0.4 is 5.56 Å². The van der Waals surface area contributed by atoms with Crippen LogP contribution in [0.5, 0.6) is 0 Å². The number of fused-ring (bicyclic) bond motifs is 3. The molecule has 0 aromatic carbocycles. The minimum atomic E-state index is -0.00305. The van der Waals surface area contributed by atoms with Gasteiger partial charge >= 0.3 is 0 Å². The van der Waals surface area contributed by atoms with E-state index in [0.717, 1.165) is 29.5 Å². The average molecular weight is 277 g/mol. The van der Waals surface area contributed by atoms with Crippen LogP contribution in [0.1, 0.15) is 37.6 Å². The van der Waals surface area contributed by atoms with Crippen molar-refractivity contribution in [3.63, 3.8) is 0 Å². The number of aromatic nitrogens is 3. The Labute approximate surface area is 116 Å². The van der Waals surface area contributed by atoms with Gasteiger partial charge in [0.25, 0.3) is 5.56 Å². The molecular weight excluding hydrogens is 258 g/mol. The molecular formula is C14H19N3OS. The predicted octanol–water partition coefficient (Wildman–Crippen LogP) is 2.54. The molecule has 0 saturated carbocycles. The van der Waals surface area contributed by atoms with Crippen LogP contribution in [0, 0.1) is 11.3 Å². The fourth-order valence-electron chi connectivity index (χ4n) is 2.91. The fourth-order valence-corrected chi connectivity index (χ4v) is 4.15. The third-order valence-electron chi connectivity index (χ3n) is 4.25. The van der Waals surface area contributed by atoms with Gasteiger partial charge in [-0.25, -0.2) is 4.68 Å². The van der Waals surface area contributed by atoms with Gasteiger partial charge in [0.1, 0.15) is 0 Å². The summed E-state index contributed by atoms with van der Waals surface area (Å²) in [4.78, 5) is 14.4. The third kappa shape index (κ3) is 2.00. The monoisotopic (exact) mass is 277 g/mol. The summed E-state index contributed by atoms with van der Waals surface area (Å²) in [6.45, 7) is 6.90. The maximum absolute atomic E-state index is 12.2. The molecule has 0 aliphatic heterocycles. The van der Waals surface area contributed by atoms with Crippen LogP contribution in [-0.4, -0.2) is 15.0 Å². The van der Waals surface area contributed by atoms with Crippen LogP contribution in [0.3, 0.4) is 0 Å². The second-order valence-electron chi connectivity index (χ2n) is 6.51. The number of nitrogens with zero attached hydrogens (tertiary/aromatic N) is 3. The van der Waals surface area contributed by atoms with Gasteiger partial charge in [0, 0.05) is 11.9 Å². The van der Waals surface area contributed by atoms with E-state index in [1.165, 1.54) is 15.1 Å². The largest absolute Gasteiger partial charge is 0.278 e. The third-order valence-corrected chi connectivity index (χ3v) is 5.39. The number of rotatable bonds is 0. The lowest BCUT2D eigenvalue weighted by molar-refractivity contribution is 0.218. The lowest BCUT2D eigenvalue weighted by atomic mass is 9.72. The summed E-state index contributed by atoms with van der Waals surface area (Å²) in [6.07, 6.45) is 3.23. The topological polar surface area (TPSA) is 47.8 Å². The molecule has 2 aromatic rings. The first kappa shape index (κ1) is 12.8. The molecule has 0 amide bonds. The van der Waals surface area contributed by atoms with Crippen molar-refractivity contribution in [1.82, 2.24) is 15.0 Å². The highest BCUT2D eigenvalue weighted by molar-refractivity contribution is 7.18. The molecule has 2 heterocycles. The highest BCUT2D eigenvalue weighted by Gasteiger charge is 2.31. The van der Waals surface area contributed by atoms with E-state index in [1.807, 2.05) is 0 Å². The highest BCUT2D eigenvalue weighted by atomic mass is 32.1. The Kier molecular flexibility index (Phi) is 2.78. The zero-order valence-corrected chi connectivity index (χ0v) is 12.7. The van der Waals surface area contributed by atoms with E-state index >= 15 is 0 Å². The van der Waals surface area contributed by atoms with Gasteiger partial charge in [0.2, 0.25) is 0 Å². The van der Waals surface area contributed by atoms with E-state index in [4.69, 9.17) is 0 Å². The molecule has 0 saturated heterocycles. The maximum Gasteiger partial charge on any atom is 0.278 e. The quantitative estimate of drug-likeness (QED) is 0.743. The summed E-state index contributed by atoms with van der Waals surface area (Å²) in [5, 5.41) is 8.86. The Balaban J connectivity index is 2.14. The van der Waals surface area contributed by atoms with Gasteiger partial charge in [-0.1, -0.05) is 26.0 Å². The molecule has 1 atom stereocenters. The molecule has 1 aliphatic rings. The molecule has 3 rings (SSSR count). The first-order chi connectivity index (χ1) is 8.88. The molecule has 5 heteroatoms. The first-order valence-corrected chi connectivity index (χ1v) is 7.54. The summed E-state index contributed by atoms with van der Waals surface area (Å²) >= 11 is 1.66. The van der Waals surface area contributed by atoms with E-state index in [2.05, 4.69) is 31.1 Å². The van der Waals surface area contributed by atoms with Crippen LogP contribution in [0.2, 0.25) is 0 Å². The molecule has 0 unspecified atom stereocenters. The van der Waals surface area contributed by atoms with Gasteiger partial charge < -0.3 is 0 Å². The van der Waals surface area contributed by atoms with Gasteiger partial charge in [0.05, 0.1) is 5.39 Å². The molecule has 0 spiro atoms. The lowest BCUT2D eigenvalue weighted by Gasteiger charge is -2.33. The summed E-state index contributed by atoms with van der Waals surface area (Å²) < 4.78 is 1.34. The lowest BCUT2D eigenvalue weighted by Crippen LogP contribution is -2.27. The molecule has 0 fully saturated rings. The highest BCUT2D eigenvalue weighted by Crippen LogP contribution is 2.41. The Morgan fingerprint density at radius 2 is 2.11 bits per heavy atom. The Morgan fingerprint density at radius 1 is 1.37 bits per heavy atom. The second kappa shape index (κ2) is 4.13. The van der Waals surface area contributed by atoms with Crippen LogP contribution in [-0.2, 0) is 19.9 Å². The Bertz CT molecular complexity index is 693. The van der Waals surface area contributed by atoms with Gasteiger partial charge in [-0.2, -0.15) is 0 Å². The fraction of sp³-hybridized carbons (Fsp3) is 0.643. The van der Waals surface area contributed by atoms with Crippen molar-refractivity contribution in [2.24, 2.45) is 18.4 Å². The molecule has 4 nitrogen and oxygen atoms in total. The molecule has 0 bridgehead atoms. The number of hydrogen-bond acceptors (Lipinski definition) is 4. The van der Waals surface area contributed by atoms with E-state index in [9.17, 15) is 4.79 Å². The standard InChI is InChI=1S/C14H19N3OS/c1-14(2,3)8-5-6-9-10(7-8)19-12-11(9)13(18)17(4)16-15-12/h8H,5-7H2,1-4H3/t8-/m0/s1. The molecule has 2 aromatic heterocycles. The van der Waals surface area contributed by atoms with Crippen molar-refractivity contribution in [3.05, 3.63) is 20.8 Å². The summed E-state index contributed by atoms with van der Waals surface area (Å²) in [5.41, 5.74) is 1.55. The first-order valence-electron chi connectivity index (χ1n) is 6.72. The Morgan fingerprint density at radius 3 is 2.79 bits per heavy atom. The normalized spacial score (nSPS) is 19.7. The smallest absolute Gasteiger partial charge is 0.267 e. The second-order valence-corrected chi connectivity index (χ2v) is 7.59. The van der Waals surface area contributed by atoms with Crippen LogP contribution >= 0.6 is 11.3 Å². The van der Waals surface area contributed by atoms with E-state index in [0.29, 0.717) is 11.3 Å². The molecule has 0 radical (unpaired) electrons. The van der Waals surface area contributed by atoms with Crippen molar-refractivity contribution in [2.45, 2.75) is 40.0 Å². The van der Waals surface area contributed by atoms with E-state index in [1.54, 1.807) is 18.4 Å². The van der Waals surface area contributed by atoms with Gasteiger partial charge in [0.15, 0.2) is 4.83 Å². The zero-order chi connectivity index (χ0) is 13.8. The average Bonchev–Trinajstić information content (AvgIpc) is 2.70. The number of hydrogen-bond donors (Lipinski definition) is 0. The summed E-state index contributed by atoms with van der Waals surface area (Å²) in [6, 6.07) is 0. The maximum atomic E-state index is 12.2. The van der Waals surface area contributed by atoms with Crippen LogP contribution in [0.15, 0.2) is 4.79 Å². The van der Waals surface area contributed by atoms with Crippen LogP contribution in [0.4, 0.5) is 0 Å². The van der Waals surface area contributed by atoms with Crippen molar-refractivity contribution < 1.29 is 0 Å². The zero-order valence-electron chi connectivity index (χ0n) is 11.9. The van der Waals surface area contributed by atoms with E-state index < -0.39 is 0 Å². The molecule has 0 N–H and O–H groups in total. The van der Waals surface area contributed by atoms with Crippen molar-refractivity contribution in [2.75, 3.05) is 0 Å². The van der Waals surface area contributed by atoms with Gasteiger partial charge in [-0.05, 0) is 36.2 Å². The van der Waals surface area contributed by atoms with Gasteiger partial charge in [-0.15, -0.1) is 16.4 Å². The minimum Gasteiger partial charge on any atom is -0.267 e. The summed E-state index contributed by atoms with van der Waals surface area (Å²) in [7, 11) is 1.67. The van der Waals surface area contributed by atoms with Crippen molar-refractivity contribution >= 4 is 21.6 Å².